The Morgan fingerprint density at radius 2 is 1.88 bits per heavy atom. The molecule has 1 saturated heterocycles. The first-order valence-corrected chi connectivity index (χ1v) is 7.53. The number of halogens is 2. The van der Waals surface area contributed by atoms with Crippen LogP contribution in [0, 0.1) is 0 Å². The summed E-state index contributed by atoms with van der Waals surface area (Å²) in [5.41, 5.74) is 0.385. The minimum atomic E-state index is -0.776. The first-order valence-electron chi connectivity index (χ1n) is 6.78. The van der Waals surface area contributed by atoms with Gasteiger partial charge in [-0.05, 0) is 30.3 Å². The predicted octanol–water partition coefficient (Wildman–Crippen LogP) is 3.35. The van der Waals surface area contributed by atoms with Crippen molar-refractivity contribution >= 4 is 47.1 Å². The Hall–Kier alpha value is -2.57. The standard InChI is InChI=1S/C16H10Cl2N2O4/c1-20-15(22)10(14(21)19-16(20)23)7-8-5-6-12(24-8)9-3-2-4-11(17)13(9)18/h2-7H,1H3,(H,19,21,23)/b10-7+. The molecule has 24 heavy (non-hydrogen) atoms. The zero-order valence-corrected chi connectivity index (χ0v) is 13.8. The van der Waals surface area contributed by atoms with E-state index >= 15 is 0 Å². The molecule has 0 radical (unpaired) electrons. The van der Waals surface area contributed by atoms with Gasteiger partial charge >= 0.3 is 6.03 Å². The number of nitrogens with zero attached hydrogens (tertiary/aromatic N) is 1. The number of benzene rings is 1. The quantitative estimate of drug-likeness (QED) is 0.654. The Bertz CT molecular complexity index is 901. The summed E-state index contributed by atoms with van der Waals surface area (Å²) in [4.78, 5) is 36.0. The van der Waals surface area contributed by atoms with Gasteiger partial charge in [0.2, 0.25) is 0 Å². The average molecular weight is 365 g/mol. The van der Waals surface area contributed by atoms with Gasteiger partial charge in [0, 0.05) is 12.6 Å². The highest BCUT2D eigenvalue weighted by molar-refractivity contribution is 6.43. The van der Waals surface area contributed by atoms with Crippen LogP contribution in [0.2, 0.25) is 10.0 Å². The van der Waals surface area contributed by atoms with Crippen molar-refractivity contribution in [2.45, 2.75) is 0 Å². The Balaban J connectivity index is 1.96. The lowest BCUT2D eigenvalue weighted by atomic mass is 10.1. The van der Waals surface area contributed by atoms with Gasteiger partial charge in [-0.15, -0.1) is 0 Å². The van der Waals surface area contributed by atoms with Crippen LogP contribution in [-0.2, 0) is 9.59 Å². The van der Waals surface area contributed by atoms with Crippen molar-refractivity contribution in [1.29, 1.82) is 0 Å². The van der Waals surface area contributed by atoms with E-state index in [0.29, 0.717) is 21.4 Å². The molecule has 4 amide bonds. The lowest BCUT2D eigenvalue weighted by Crippen LogP contribution is -2.52. The molecule has 0 saturated carbocycles. The molecule has 0 atom stereocenters. The van der Waals surface area contributed by atoms with Crippen molar-refractivity contribution in [3.63, 3.8) is 0 Å². The largest absolute Gasteiger partial charge is 0.457 e. The zero-order valence-electron chi connectivity index (χ0n) is 12.3. The molecule has 122 valence electrons. The lowest BCUT2D eigenvalue weighted by Gasteiger charge is -2.21. The molecule has 0 spiro atoms. The Morgan fingerprint density at radius 3 is 2.62 bits per heavy atom. The number of nitrogens with one attached hydrogen (secondary N) is 1. The van der Waals surface area contributed by atoms with Crippen LogP contribution in [0.25, 0.3) is 17.4 Å². The summed E-state index contributed by atoms with van der Waals surface area (Å²) in [6.07, 6.45) is 1.27. The number of imide groups is 2. The van der Waals surface area contributed by atoms with E-state index in [4.69, 9.17) is 27.6 Å². The van der Waals surface area contributed by atoms with Crippen LogP contribution < -0.4 is 5.32 Å². The molecule has 1 aromatic heterocycles. The third-order valence-electron chi connectivity index (χ3n) is 3.44. The second kappa shape index (κ2) is 6.14. The number of rotatable bonds is 2. The monoisotopic (exact) mass is 364 g/mol. The highest BCUT2D eigenvalue weighted by atomic mass is 35.5. The molecular formula is C16H10Cl2N2O4. The van der Waals surface area contributed by atoms with E-state index in [0.717, 1.165) is 4.90 Å². The molecule has 1 aliphatic heterocycles. The van der Waals surface area contributed by atoms with Gasteiger partial charge in [-0.1, -0.05) is 29.3 Å². The normalized spacial score (nSPS) is 16.7. The SMILES string of the molecule is CN1C(=O)NC(=O)/C(=C\c2ccc(-c3cccc(Cl)c3Cl)o2)C1=O. The summed E-state index contributed by atoms with van der Waals surface area (Å²) in [6.45, 7) is 0. The first-order chi connectivity index (χ1) is 11.4. The van der Waals surface area contributed by atoms with E-state index in [1.165, 1.54) is 13.1 Å². The second-order valence-electron chi connectivity index (χ2n) is 4.98. The number of hydrogen-bond acceptors (Lipinski definition) is 4. The molecule has 8 heteroatoms. The molecule has 1 aliphatic rings. The second-order valence-corrected chi connectivity index (χ2v) is 5.77. The van der Waals surface area contributed by atoms with Gasteiger partial charge in [0.25, 0.3) is 11.8 Å². The highest BCUT2D eigenvalue weighted by Crippen LogP contribution is 2.34. The van der Waals surface area contributed by atoms with E-state index in [1.54, 1.807) is 30.3 Å². The van der Waals surface area contributed by atoms with Gasteiger partial charge in [0.1, 0.15) is 17.1 Å². The highest BCUT2D eigenvalue weighted by Gasteiger charge is 2.33. The van der Waals surface area contributed by atoms with Gasteiger partial charge in [-0.2, -0.15) is 0 Å². The maximum Gasteiger partial charge on any atom is 0.331 e. The molecule has 0 bridgehead atoms. The molecule has 2 heterocycles. The minimum Gasteiger partial charge on any atom is -0.457 e. The van der Waals surface area contributed by atoms with E-state index in [1.807, 2.05) is 0 Å². The van der Waals surface area contributed by atoms with E-state index in [-0.39, 0.29) is 11.3 Å². The van der Waals surface area contributed by atoms with Crippen LogP contribution in [0.15, 0.2) is 40.3 Å². The van der Waals surface area contributed by atoms with Crippen molar-refractivity contribution in [3.05, 3.63) is 51.7 Å². The molecule has 3 rings (SSSR count). The molecule has 2 aromatic rings. The molecule has 6 nitrogen and oxygen atoms in total. The van der Waals surface area contributed by atoms with E-state index < -0.39 is 17.8 Å². The van der Waals surface area contributed by atoms with Crippen LogP contribution in [0.4, 0.5) is 4.79 Å². The Labute approximate surface area is 146 Å². The molecular weight excluding hydrogens is 355 g/mol. The molecule has 0 aliphatic carbocycles. The summed E-state index contributed by atoms with van der Waals surface area (Å²) < 4.78 is 5.61. The third kappa shape index (κ3) is 2.81. The maximum atomic E-state index is 12.0. The number of barbiturate groups is 1. The summed E-state index contributed by atoms with van der Waals surface area (Å²) >= 11 is 12.1. The van der Waals surface area contributed by atoms with E-state index in [2.05, 4.69) is 5.32 Å². The maximum absolute atomic E-state index is 12.0. The zero-order chi connectivity index (χ0) is 17.4. The van der Waals surface area contributed by atoms with Crippen molar-refractivity contribution in [1.82, 2.24) is 10.2 Å². The fraction of sp³-hybridized carbons (Fsp3) is 0.0625. The summed E-state index contributed by atoms with van der Waals surface area (Å²) in [6, 6.07) is 7.56. The van der Waals surface area contributed by atoms with Crippen molar-refractivity contribution in [2.24, 2.45) is 0 Å². The third-order valence-corrected chi connectivity index (χ3v) is 4.25. The minimum absolute atomic E-state index is 0.199. The first kappa shape index (κ1) is 16.3. The summed E-state index contributed by atoms with van der Waals surface area (Å²) in [5, 5.41) is 2.78. The van der Waals surface area contributed by atoms with Crippen molar-refractivity contribution in [3.8, 4) is 11.3 Å². The number of urea groups is 1. The van der Waals surface area contributed by atoms with Crippen molar-refractivity contribution < 1.29 is 18.8 Å². The molecule has 1 fully saturated rings. The summed E-state index contributed by atoms with van der Waals surface area (Å²) in [5.74, 6) is -0.783. The van der Waals surface area contributed by atoms with Crippen LogP contribution in [0.1, 0.15) is 5.76 Å². The molecule has 1 aromatic carbocycles. The summed E-state index contributed by atoms with van der Waals surface area (Å²) in [7, 11) is 1.28. The van der Waals surface area contributed by atoms with Gasteiger partial charge in [0.15, 0.2) is 0 Å². The average Bonchev–Trinajstić information content (AvgIpc) is 3.00. The fourth-order valence-corrected chi connectivity index (χ4v) is 2.55. The van der Waals surface area contributed by atoms with Gasteiger partial charge in [0.05, 0.1) is 10.0 Å². The molecule has 0 unspecified atom stereocenters. The topological polar surface area (TPSA) is 79.6 Å². The predicted molar refractivity (Wildman–Crippen MR) is 88.4 cm³/mol. The number of likely N-dealkylation sites (N-methyl/N-ethyl adjacent to an activating group) is 1. The van der Waals surface area contributed by atoms with Crippen LogP contribution >= 0.6 is 23.2 Å². The lowest BCUT2D eigenvalue weighted by molar-refractivity contribution is -0.129. The number of carbonyl (C=O) groups is 3. The smallest absolute Gasteiger partial charge is 0.331 e. The van der Waals surface area contributed by atoms with Crippen LogP contribution in [0.5, 0.6) is 0 Å². The Kier molecular flexibility index (Phi) is 4.17. The van der Waals surface area contributed by atoms with Crippen molar-refractivity contribution in [2.75, 3.05) is 7.05 Å². The van der Waals surface area contributed by atoms with Crippen LogP contribution in [0.3, 0.4) is 0 Å². The number of carbonyl (C=O) groups excluding carboxylic acids is 3. The van der Waals surface area contributed by atoms with Gasteiger partial charge in [-0.3, -0.25) is 19.8 Å². The van der Waals surface area contributed by atoms with E-state index in [9.17, 15) is 14.4 Å². The fourth-order valence-electron chi connectivity index (χ4n) is 2.16. The van der Waals surface area contributed by atoms with Gasteiger partial charge in [-0.25, -0.2) is 4.79 Å². The number of amides is 4. The number of hydrogen-bond donors (Lipinski definition) is 1. The Morgan fingerprint density at radius 1 is 1.12 bits per heavy atom. The van der Waals surface area contributed by atoms with Crippen LogP contribution in [-0.4, -0.2) is 29.8 Å². The number of furan rings is 1. The van der Waals surface area contributed by atoms with Gasteiger partial charge < -0.3 is 4.42 Å². The molecule has 1 N–H and O–H groups in total.